The van der Waals surface area contributed by atoms with Gasteiger partial charge in [0.25, 0.3) is 0 Å². The lowest BCUT2D eigenvalue weighted by Gasteiger charge is -2.33. The summed E-state index contributed by atoms with van der Waals surface area (Å²) in [5.74, 6) is -0.360. The third-order valence-corrected chi connectivity index (χ3v) is 5.48. The highest BCUT2D eigenvalue weighted by molar-refractivity contribution is 6.30. The summed E-state index contributed by atoms with van der Waals surface area (Å²) in [4.78, 5) is 4.93. The molecule has 0 aliphatic carbocycles. The van der Waals surface area contributed by atoms with Crippen molar-refractivity contribution >= 4 is 11.6 Å². The van der Waals surface area contributed by atoms with E-state index < -0.39 is 0 Å². The van der Waals surface area contributed by atoms with Crippen molar-refractivity contribution < 1.29 is 4.39 Å². The van der Waals surface area contributed by atoms with Crippen LogP contribution in [0.4, 0.5) is 4.39 Å². The highest BCUT2D eigenvalue weighted by Crippen LogP contribution is 2.32. The van der Waals surface area contributed by atoms with Crippen molar-refractivity contribution in [1.29, 1.82) is 0 Å². The molecule has 2 heterocycles. The number of halogens is 2. The van der Waals surface area contributed by atoms with Gasteiger partial charge in [0, 0.05) is 37.8 Å². The fourth-order valence-electron chi connectivity index (χ4n) is 3.83. The maximum atomic E-state index is 13.7. The van der Waals surface area contributed by atoms with Crippen LogP contribution in [0, 0.1) is 5.82 Å². The van der Waals surface area contributed by atoms with Crippen LogP contribution in [0.25, 0.3) is 0 Å². The summed E-state index contributed by atoms with van der Waals surface area (Å²) in [6, 6.07) is 6.43. The van der Waals surface area contributed by atoms with E-state index in [0.717, 1.165) is 18.7 Å². The minimum absolute atomic E-state index is 0.0736. The van der Waals surface area contributed by atoms with E-state index in [1.165, 1.54) is 25.3 Å². The molecule has 2 bridgehead atoms. The second-order valence-electron chi connectivity index (χ2n) is 6.26. The maximum Gasteiger partial charge on any atom is 0.142 e. The number of nitrogens with zero attached hydrogens (tertiary/aromatic N) is 2. The summed E-state index contributed by atoms with van der Waals surface area (Å²) >= 11 is 5.78. The molecule has 2 N–H and O–H groups in total. The van der Waals surface area contributed by atoms with E-state index in [1.54, 1.807) is 6.07 Å². The molecule has 0 spiro atoms. The van der Waals surface area contributed by atoms with E-state index in [1.807, 2.05) is 6.07 Å². The van der Waals surface area contributed by atoms with Crippen LogP contribution in [0.2, 0.25) is 5.02 Å². The zero-order chi connectivity index (χ0) is 15.0. The van der Waals surface area contributed by atoms with E-state index in [4.69, 9.17) is 17.3 Å². The van der Waals surface area contributed by atoms with Crippen LogP contribution in [-0.2, 0) is 0 Å². The molecule has 1 aromatic rings. The van der Waals surface area contributed by atoms with Gasteiger partial charge < -0.3 is 5.73 Å². The molecule has 2 fully saturated rings. The minimum Gasteiger partial charge on any atom is -0.329 e. The molecular formula is C16H23ClFN3. The topological polar surface area (TPSA) is 32.5 Å². The Kier molecular flexibility index (Phi) is 4.50. The van der Waals surface area contributed by atoms with E-state index in [2.05, 4.69) is 16.8 Å². The number of benzene rings is 1. The van der Waals surface area contributed by atoms with Gasteiger partial charge in [-0.3, -0.25) is 9.80 Å². The van der Waals surface area contributed by atoms with E-state index in [-0.39, 0.29) is 16.9 Å². The lowest BCUT2D eigenvalue weighted by molar-refractivity contribution is 0.175. The lowest BCUT2D eigenvalue weighted by atomic mass is 10.0. The summed E-state index contributed by atoms with van der Waals surface area (Å²) in [6.45, 7) is 2.54. The van der Waals surface area contributed by atoms with Gasteiger partial charge in [0.2, 0.25) is 0 Å². The van der Waals surface area contributed by atoms with Gasteiger partial charge in [0.15, 0.2) is 0 Å². The number of rotatable bonds is 3. The Bertz CT molecular complexity index is 510. The smallest absolute Gasteiger partial charge is 0.142 e. The number of likely N-dealkylation sites (N-methyl/N-ethyl adjacent to an activating group) is 1. The SMILES string of the molecule is CN1C2CCC1CN(C(CN)c1ccc(Cl)c(F)c1)CC2. The minimum atomic E-state index is -0.360. The van der Waals surface area contributed by atoms with Crippen LogP contribution in [0.5, 0.6) is 0 Å². The molecule has 3 rings (SSSR count). The van der Waals surface area contributed by atoms with Gasteiger partial charge in [-0.15, -0.1) is 0 Å². The van der Waals surface area contributed by atoms with Crippen LogP contribution < -0.4 is 5.73 Å². The molecule has 2 aliphatic heterocycles. The molecule has 5 heteroatoms. The first kappa shape index (κ1) is 15.2. The van der Waals surface area contributed by atoms with Crippen molar-refractivity contribution in [3.8, 4) is 0 Å². The molecule has 0 radical (unpaired) electrons. The van der Waals surface area contributed by atoms with E-state index in [9.17, 15) is 4.39 Å². The van der Waals surface area contributed by atoms with Crippen molar-refractivity contribution in [2.45, 2.75) is 37.4 Å². The average Bonchev–Trinajstić information content (AvgIpc) is 2.70. The Hall–Kier alpha value is -0.680. The molecular weight excluding hydrogens is 289 g/mol. The Morgan fingerprint density at radius 1 is 1.33 bits per heavy atom. The van der Waals surface area contributed by atoms with E-state index >= 15 is 0 Å². The zero-order valence-electron chi connectivity index (χ0n) is 12.4. The Balaban J connectivity index is 1.81. The Labute approximate surface area is 130 Å². The van der Waals surface area contributed by atoms with Crippen LogP contribution in [-0.4, -0.2) is 48.6 Å². The lowest BCUT2D eigenvalue weighted by Crippen LogP contribution is -2.40. The summed E-state index contributed by atoms with van der Waals surface area (Å²) in [5.41, 5.74) is 6.93. The summed E-state index contributed by atoms with van der Waals surface area (Å²) in [5, 5.41) is 0.171. The molecule has 0 amide bonds. The van der Waals surface area contributed by atoms with Gasteiger partial charge in [-0.2, -0.15) is 0 Å². The molecule has 2 aliphatic rings. The van der Waals surface area contributed by atoms with Gasteiger partial charge in [0.05, 0.1) is 5.02 Å². The highest BCUT2D eigenvalue weighted by atomic mass is 35.5. The number of hydrogen-bond donors (Lipinski definition) is 1. The summed E-state index contributed by atoms with van der Waals surface area (Å²) < 4.78 is 13.7. The number of hydrogen-bond acceptors (Lipinski definition) is 3. The van der Waals surface area contributed by atoms with Crippen LogP contribution in [0.1, 0.15) is 30.9 Å². The van der Waals surface area contributed by atoms with Gasteiger partial charge in [0.1, 0.15) is 5.82 Å². The number of fused-ring (bicyclic) bond motifs is 2. The highest BCUT2D eigenvalue weighted by Gasteiger charge is 2.36. The van der Waals surface area contributed by atoms with Crippen molar-refractivity contribution in [3.63, 3.8) is 0 Å². The third-order valence-electron chi connectivity index (χ3n) is 5.17. The van der Waals surface area contributed by atoms with Crippen molar-refractivity contribution in [2.24, 2.45) is 5.73 Å². The number of likely N-dealkylation sites (tertiary alicyclic amines) is 1. The molecule has 3 nitrogen and oxygen atoms in total. The first-order chi connectivity index (χ1) is 10.1. The van der Waals surface area contributed by atoms with E-state index in [0.29, 0.717) is 18.6 Å². The monoisotopic (exact) mass is 311 g/mol. The molecule has 1 aromatic carbocycles. The molecule has 0 aromatic heterocycles. The van der Waals surface area contributed by atoms with Crippen LogP contribution in [0.15, 0.2) is 18.2 Å². The Morgan fingerprint density at radius 2 is 2.10 bits per heavy atom. The number of nitrogens with two attached hydrogens (primary N) is 1. The first-order valence-electron chi connectivity index (χ1n) is 7.71. The van der Waals surface area contributed by atoms with Gasteiger partial charge >= 0.3 is 0 Å². The summed E-state index contributed by atoms with van der Waals surface area (Å²) in [6.07, 6.45) is 3.72. The van der Waals surface area contributed by atoms with Crippen molar-refractivity contribution in [1.82, 2.24) is 9.80 Å². The van der Waals surface area contributed by atoms with Gasteiger partial charge in [-0.25, -0.2) is 4.39 Å². The molecule has 116 valence electrons. The van der Waals surface area contributed by atoms with Crippen LogP contribution >= 0.6 is 11.6 Å². The van der Waals surface area contributed by atoms with Gasteiger partial charge in [-0.05, 0) is 44.0 Å². The fourth-order valence-corrected chi connectivity index (χ4v) is 3.95. The molecule has 3 atom stereocenters. The van der Waals surface area contributed by atoms with Crippen LogP contribution in [0.3, 0.4) is 0 Å². The molecule has 0 saturated carbocycles. The Morgan fingerprint density at radius 3 is 2.81 bits per heavy atom. The summed E-state index contributed by atoms with van der Waals surface area (Å²) in [7, 11) is 2.23. The quantitative estimate of drug-likeness (QED) is 0.931. The predicted molar refractivity (Wildman–Crippen MR) is 84.0 cm³/mol. The van der Waals surface area contributed by atoms with Crippen molar-refractivity contribution in [2.75, 3.05) is 26.7 Å². The largest absolute Gasteiger partial charge is 0.329 e. The van der Waals surface area contributed by atoms with Crippen molar-refractivity contribution in [3.05, 3.63) is 34.6 Å². The first-order valence-corrected chi connectivity index (χ1v) is 8.09. The third kappa shape index (κ3) is 2.95. The predicted octanol–water partition coefficient (Wildman–Crippen LogP) is 2.65. The average molecular weight is 312 g/mol. The normalized spacial score (nSPS) is 28.6. The fraction of sp³-hybridized carbons (Fsp3) is 0.625. The second-order valence-corrected chi connectivity index (χ2v) is 6.67. The molecule has 3 unspecified atom stereocenters. The zero-order valence-corrected chi connectivity index (χ0v) is 13.2. The standard InChI is InChI=1S/C16H23ClFN3/c1-20-12-3-4-13(20)10-21(7-6-12)16(9-19)11-2-5-14(17)15(18)8-11/h2,5,8,12-13,16H,3-4,6-7,9-10,19H2,1H3. The molecule has 21 heavy (non-hydrogen) atoms. The molecule has 2 saturated heterocycles. The van der Waals surface area contributed by atoms with Gasteiger partial charge in [-0.1, -0.05) is 17.7 Å². The second kappa shape index (κ2) is 6.21. The maximum absolute atomic E-state index is 13.7.